The molecule has 0 saturated carbocycles. The summed E-state index contributed by atoms with van der Waals surface area (Å²) in [7, 11) is -3.83. The van der Waals surface area contributed by atoms with Gasteiger partial charge in [-0.25, -0.2) is 8.42 Å². The number of hydrogen-bond donors (Lipinski definition) is 3. The zero-order valence-electron chi connectivity index (χ0n) is 12.3. The second-order valence-electron chi connectivity index (χ2n) is 5.27. The van der Waals surface area contributed by atoms with Crippen molar-refractivity contribution in [3.05, 3.63) is 11.5 Å². The largest absolute Gasteiger partial charge is 0.360 e. The van der Waals surface area contributed by atoms with Gasteiger partial charge in [-0.05, 0) is 20.8 Å². The van der Waals surface area contributed by atoms with Crippen LogP contribution in [0.2, 0.25) is 0 Å². The van der Waals surface area contributed by atoms with Crippen molar-refractivity contribution in [3.8, 4) is 0 Å². The highest BCUT2D eigenvalue weighted by atomic mass is 32.2. The fourth-order valence-electron chi connectivity index (χ4n) is 2.09. The minimum atomic E-state index is -3.83. The van der Waals surface area contributed by atoms with Crippen molar-refractivity contribution in [1.29, 1.82) is 0 Å². The van der Waals surface area contributed by atoms with Crippen LogP contribution in [-0.2, 0) is 14.8 Å². The lowest BCUT2D eigenvalue weighted by molar-refractivity contribution is -0.122. The van der Waals surface area contributed by atoms with Gasteiger partial charge in [-0.2, -0.15) is 4.72 Å². The standard InChI is InChI=1S/C12H20N4O4S/c1-7-11(9(3)20-15-7)21(18,19)16-8(2)12(17)14-6-10-4-13-5-10/h8,10,13,16H,4-6H2,1-3H3,(H,14,17). The first-order valence-corrected chi connectivity index (χ1v) is 8.23. The molecule has 1 saturated heterocycles. The summed E-state index contributed by atoms with van der Waals surface area (Å²) in [6, 6.07) is -0.864. The molecular weight excluding hydrogens is 296 g/mol. The highest BCUT2D eigenvalue weighted by Crippen LogP contribution is 2.18. The third-order valence-corrected chi connectivity index (χ3v) is 5.18. The van der Waals surface area contributed by atoms with E-state index in [0.717, 1.165) is 13.1 Å². The summed E-state index contributed by atoms with van der Waals surface area (Å²) >= 11 is 0. The minimum absolute atomic E-state index is 0.00894. The van der Waals surface area contributed by atoms with Crippen LogP contribution in [0.15, 0.2) is 9.42 Å². The molecule has 1 aromatic rings. The highest BCUT2D eigenvalue weighted by Gasteiger charge is 2.28. The van der Waals surface area contributed by atoms with Crippen LogP contribution in [0.3, 0.4) is 0 Å². The molecule has 1 amide bonds. The van der Waals surface area contributed by atoms with Crippen molar-refractivity contribution < 1.29 is 17.7 Å². The summed E-state index contributed by atoms with van der Waals surface area (Å²) < 4.78 is 31.7. The van der Waals surface area contributed by atoms with E-state index >= 15 is 0 Å². The first-order valence-electron chi connectivity index (χ1n) is 6.75. The molecule has 3 N–H and O–H groups in total. The summed E-state index contributed by atoms with van der Waals surface area (Å²) in [6.45, 7) is 6.86. The number of carbonyl (C=O) groups excluding carboxylic acids is 1. The van der Waals surface area contributed by atoms with Crippen LogP contribution >= 0.6 is 0 Å². The average Bonchev–Trinajstić information content (AvgIpc) is 2.66. The van der Waals surface area contributed by atoms with Crippen molar-refractivity contribution in [2.45, 2.75) is 31.7 Å². The van der Waals surface area contributed by atoms with E-state index in [4.69, 9.17) is 4.52 Å². The van der Waals surface area contributed by atoms with Gasteiger partial charge in [-0.3, -0.25) is 4.79 Å². The van der Waals surface area contributed by atoms with E-state index in [1.54, 1.807) is 6.92 Å². The number of nitrogens with one attached hydrogen (secondary N) is 3. The third-order valence-electron chi connectivity index (χ3n) is 3.39. The minimum Gasteiger partial charge on any atom is -0.360 e. The summed E-state index contributed by atoms with van der Waals surface area (Å²) in [5.74, 6) is 0.269. The van der Waals surface area contributed by atoms with Crippen LogP contribution in [0.1, 0.15) is 18.4 Å². The molecule has 0 aromatic carbocycles. The van der Waals surface area contributed by atoms with Crippen LogP contribution in [0, 0.1) is 19.8 Å². The van der Waals surface area contributed by atoms with Gasteiger partial charge in [-0.1, -0.05) is 5.16 Å². The fourth-order valence-corrected chi connectivity index (χ4v) is 3.63. The second kappa shape index (κ2) is 6.12. The van der Waals surface area contributed by atoms with Crippen LogP contribution in [0.5, 0.6) is 0 Å². The van der Waals surface area contributed by atoms with Gasteiger partial charge in [-0.15, -0.1) is 0 Å². The Balaban J connectivity index is 1.97. The van der Waals surface area contributed by atoms with Gasteiger partial charge in [0.15, 0.2) is 5.76 Å². The van der Waals surface area contributed by atoms with E-state index in [1.165, 1.54) is 13.8 Å². The van der Waals surface area contributed by atoms with Crippen molar-refractivity contribution in [2.24, 2.45) is 5.92 Å². The Morgan fingerprint density at radius 3 is 2.62 bits per heavy atom. The molecule has 1 unspecified atom stereocenters. The molecular formula is C12H20N4O4S. The zero-order valence-corrected chi connectivity index (χ0v) is 13.1. The number of hydrogen-bond acceptors (Lipinski definition) is 6. The van der Waals surface area contributed by atoms with E-state index in [0.29, 0.717) is 12.5 Å². The predicted molar refractivity (Wildman–Crippen MR) is 75.1 cm³/mol. The van der Waals surface area contributed by atoms with Crippen LogP contribution < -0.4 is 15.4 Å². The van der Waals surface area contributed by atoms with E-state index in [9.17, 15) is 13.2 Å². The normalized spacial score (nSPS) is 17.3. The lowest BCUT2D eigenvalue weighted by Crippen LogP contribution is -2.51. The zero-order chi connectivity index (χ0) is 15.6. The van der Waals surface area contributed by atoms with Gasteiger partial charge in [0.05, 0.1) is 6.04 Å². The number of aromatic nitrogens is 1. The second-order valence-corrected chi connectivity index (χ2v) is 6.92. The number of rotatable bonds is 6. The number of nitrogens with zero attached hydrogens (tertiary/aromatic N) is 1. The SMILES string of the molecule is Cc1noc(C)c1S(=O)(=O)NC(C)C(=O)NCC1CNC1. The molecule has 1 aromatic heterocycles. The summed E-state index contributed by atoms with van der Waals surface area (Å²) in [6.07, 6.45) is 0. The van der Waals surface area contributed by atoms with Crippen molar-refractivity contribution >= 4 is 15.9 Å². The molecule has 1 fully saturated rings. The van der Waals surface area contributed by atoms with Gasteiger partial charge in [0.1, 0.15) is 10.6 Å². The Kier molecular flexibility index (Phi) is 4.64. The Hall–Kier alpha value is -1.45. The molecule has 8 nitrogen and oxygen atoms in total. The van der Waals surface area contributed by atoms with Crippen molar-refractivity contribution in [3.63, 3.8) is 0 Å². The molecule has 0 bridgehead atoms. The molecule has 1 aliphatic heterocycles. The lowest BCUT2D eigenvalue weighted by atomic mass is 10.0. The molecule has 1 atom stereocenters. The maximum absolute atomic E-state index is 12.3. The Labute approximate surface area is 123 Å². The van der Waals surface area contributed by atoms with Gasteiger partial charge in [0.2, 0.25) is 15.9 Å². The maximum Gasteiger partial charge on any atom is 0.246 e. The smallest absolute Gasteiger partial charge is 0.246 e. The number of carbonyl (C=O) groups is 1. The van der Waals surface area contributed by atoms with E-state index < -0.39 is 16.1 Å². The first-order chi connectivity index (χ1) is 9.81. The van der Waals surface area contributed by atoms with E-state index in [-0.39, 0.29) is 22.3 Å². The average molecular weight is 316 g/mol. The van der Waals surface area contributed by atoms with Gasteiger partial charge < -0.3 is 15.2 Å². The molecule has 2 rings (SSSR count). The molecule has 2 heterocycles. The van der Waals surface area contributed by atoms with Crippen LogP contribution in [0.25, 0.3) is 0 Å². The van der Waals surface area contributed by atoms with Crippen LogP contribution in [-0.4, -0.2) is 45.2 Å². The van der Waals surface area contributed by atoms with Gasteiger partial charge in [0.25, 0.3) is 0 Å². The maximum atomic E-state index is 12.3. The highest BCUT2D eigenvalue weighted by molar-refractivity contribution is 7.89. The number of aryl methyl sites for hydroxylation is 2. The molecule has 0 spiro atoms. The Morgan fingerprint density at radius 1 is 1.48 bits per heavy atom. The van der Waals surface area contributed by atoms with E-state index in [1.807, 2.05) is 0 Å². The third kappa shape index (κ3) is 3.60. The summed E-state index contributed by atoms with van der Waals surface area (Å²) in [5.41, 5.74) is 0.271. The topological polar surface area (TPSA) is 113 Å². The van der Waals surface area contributed by atoms with E-state index in [2.05, 4.69) is 20.5 Å². The molecule has 118 valence electrons. The number of amides is 1. The molecule has 21 heavy (non-hydrogen) atoms. The Bertz CT molecular complexity index is 602. The molecule has 0 radical (unpaired) electrons. The molecule has 1 aliphatic rings. The quantitative estimate of drug-likeness (QED) is 0.639. The van der Waals surface area contributed by atoms with Gasteiger partial charge in [0, 0.05) is 25.6 Å². The summed E-state index contributed by atoms with van der Waals surface area (Å²) in [5, 5.41) is 9.45. The molecule has 9 heteroatoms. The van der Waals surface area contributed by atoms with Crippen molar-refractivity contribution in [2.75, 3.05) is 19.6 Å². The lowest BCUT2D eigenvalue weighted by Gasteiger charge is -2.27. The Morgan fingerprint density at radius 2 is 2.14 bits per heavy atom. The summed E-state index contributed by atoms with van der Waals surface area (Å²) in [4.78, 5) is 11.9. The van der Waals surface area contributed by atoms with Gasteiger partial charge >= 0.3 is 0 Å². The van der Waals surface area contributed by atoms with Crippen LogP contribution in [0.4, 0.5) is 0 Å². The molecule has 0 aliphatic carbocycles. The van der Waals surface area contributed by atoms with Crippen molar-refractivity contribution in [1.82, 2.24) is 20.5 Å². The fraction of sp³-hybridized carbons (Fsp3) is 0.667. The number of sulfonamides is 1. The monoisotopic (exact) mass is 316 g/mol. The first kappa shape index (κ1) is 15.9. The predicted octanol–water partition coefficient (Wildman–Crippen LogP) is -0.706.